The van der Waals surface area contributed by atoms with Crippen molar-refractivity contribution in [3.8, 4) is 16.4 Å². The summed E-state index contributed by atoms with van der Waals surface area (Å²) >= 11 is 1.50. The number of carbonyl (C=O) groups is 2. The number of likely N-dealkylation sites (N-methyl/N-ethyl adjacent to an activating group) is 1. The lowest BCUT2D eigenvalue weighted by molar-refractivity contribution is -0.125. The van der Waals surface area contributed by atoms with Gasteiger partial charge >= 0.3 is 0 Å². The number of rotatable bonds is 3. The molecule has 0 aliphatic carbocycles. The molecule has 0 unspecified atom stereocenters. The zero-order valence-electron chi connectivity index (χ0n) is 14.1. The van der Waals surface area contributed by atoms with Gasteiger partial charge in [-0.25, -0.2) is 0 Å². The fraction of sp³-hybridized carbons (Fsp3) is 0.167. The zero-order chi connectivity index (χ0) is 18.3. The van der Waals surface area contributed by atoms with E-state index in [4.69, 9.17) is 9.26 Å². The van der Waals surface area contributed by atoms with Crippen LogP contribution in [-0.4, -0.2) is 30.1 Å². The van der Waals surface area contributed by atoms with E-state index in [0.717, 1.165) is 4.88 Å². The average molecular weight is 369 g/mol. The number of ether oxygens (including phenoxy) is 1. The van der Waals surface area contributed by atoms with Crippen LogP contribution in [0.1, 0.15) is 17.4 Å². The van der Waals surface area contributed by atoms with Crippen molar-refractivity contribution in [1.82, 2.24) is 5.16 Å². The molecular formula is C18H15N3O4S. The molecule has 8 heteroatoms. The van der Waals surface area contributed by atoms with Gasteiger partial charge < -0.3 is 19.5 Å². The molecule has 0 spiro atoms. The van der Waals surface area contributed by atoms with Gasteiger partial charge in [0.15, 0.2) is 17.6 Å². The maximum absolute atomic E-state index is 12.4. The van der Waals surface area contributed by atoms with Gasteiger partial charge in [0.2, 0.25) is 0 Å². The summed E-state index contributed by atoms with van der Waals surface area (Å²) < 4.78 is 10.8. The van der Waals surface area contributed by atoms with Crippen molar-refractivity contribution in [2.75, 3.05) is 17.3 Å². The fourth-order valence-corrected chi connectivity index (χ4v) is 3.37. The van der Waals surface area contributed by atoms with E-state index in [1.54, 1.807) is 38.2 Å². The molecule has 0 fully saturated rings. The first-order valence-electron chi connectivity index (χ1n) is 7.93. The lowest BCUT2D eigenvalue weighted by atomic mass is 10.2. The van der Waals surface area contributed by atoms with Crippen LogP contribution in [0.3, 0.4) is 0 Å². The number of aromatic nitrogens is 1. The van der Waals surface area contributed by atoms with E-state index in [1.807, 2.05) is 17.5 Å². The van der Waals surface area contributed by atoms with E-state index in [-0.39, 0.29) is 11.6 Å². The second kappa shape index (κ2) is 6.30. The predicted molar refractivity (Wildman–Crippen MR) is 97.7 cm³/mol. The normalized spacial score (nSPS) is 16.2. The number of nitrogens with one attached hydrogen (secondary N) is 1. The van der Waals surface area contributed by atoms with Crippen LogP contribution in [0.25, 0.3) is 10.6 Å². The smallest absolute Gasteiger partial charge is 0.277 e. The van der Waals surface area contributed by atoms with Crippen LogP contribution in [0.15, 0.2) is 46.3 Å². The van der Waals surface area contributed by atoms with E-state index < -0.39 is 12.0 Å². The Bertz CT molecular complexity index is 980. The van der Waals surface area contributed by atoms with Gasteiger partial charge in [0.25, 0.3) is 11.8 Å². The Morgan fingerprint density at radius 3 is 2.92 bits per heavy atom. The molecule has 7 nitrogen and oxygen atoms in total. The van der Waals surface area contributed by atoms with E-state index in [0.29, 0.717) is 22.9 Å². The number of nitrogens with zero attached hydrogens (tertiary/aromatic N) is 2. The topological polar surface area (TPSA) is 84.7 Å². The maximum atomic E-state index is 12.4. The summed E-state index contributed by atoms with van der Waals surface area (Å²) in [7, 11) is 1.68. The Kier molecular flexibility index (Phi) is 3.96. The van der Waals surface area contributed by atoms with Gasteiger partial charge in [-0.1, -0.05) is 11.2 Å². The van der Waals surface area contributed by atoms with Crippen molar-refractivity contribution >= 4 is 34.5 Å². The van der Waals surface area contributed by atoms with Crippen molar-refractivity contribution in [3.63, 3.8) is 0 Å². The van der Waals surface area contributed by atoms with E-state index in [9.17, 15) is 9.59 Å². The molecule has 26 heavy (non-hydrogen) atoms. The van der Waals surface area contributed by atoms with Gasteiger partial charge in [0.1, 0.15) is 5.75 Å². The van der Waals surface area contributed by atoms with Crippen molar-refractivity contribution in [1.29, 1.82) is 0 Å². The zero-order valence-corrected chi connectivity index (χ0v) is 14.9. The van der Waals surface area contributed by atoms with Crippen LogP contribution >= 0.6 is 11.3 Å². The molecule has 0 saturated carbocycles. The lowest BCUT2D eigenvalue weighted by Gasteiger charge is -2.30. The third kappa shape index (κ3) is 2.84. The van der Waals surface area contributed by atoms with Gasteiger partial charge in [-0.2, -0.15) is 0 Å². The first-order valence-corrected chi connectivity index (χ1v) is 8.81. The van der Waals surface area contributed by atoms with Gasteiger partial charge in [-0.3, -0.25) is 9.59 Å². The molecule has 0 bridgehead atoms. The minimum absolute atomic E-state index is 0.141. The highest BCUT2D eigenvalue weighted by molar-refractivity contribution is 7.13. The highest BCUT2D eigenvalue weighted by Gasteiger charge is 2.29. The Labute approximate surface area is 153 Å². The molecule has 0 radical (unpaired) electrons. The van der Waals surface area contributed by atoms with Crippen LogP contribution in [0.5, 0.6) is 5.75 Å². The van der Waals surface area contributed by atoms with Crippen molar-refractivity contribution in [2.24, 2.45) is 0 Å². The predicted octanol–water partition coefficient (Wildman–Crippen LogP) is 3.40. The van der Waals surface area contributed by atoms with Gasteiger partial charge in [0.05, 0.1) is 10.6 Å². The van der Waals surface area contributed by atoms with Crippen molar-refractivity contribution in [3.05, 3.63) is 47.5 Å². The molecule has 3 heterocycles. The molecule has 1 aromatic carbocycles. The second-order valence-corrected chi connectivity index (χ2v) is 6.80. The summed E-state index contributed by atoms with van der Waals surface area (Å²) in [5.74, 6) is 0.607. The Balaban J connectivity index is 1.55. The molecule has 0 saturated heterocycles. The number of thiophene rings is 1. The number of amides is 2. The highest BCUT2D eigenvalue weighted by Crippen LogP contribution is 2.35. The van der Waals surface area contributed by atoms with Crippen LogP contribution in [0, 0.1) is 0 Å². The second-order valence-electron chi connectivity index (χ2n) is 5.85. The van der Waals surface area contributed by atoms with Crippen LogP contribution in [-0.2, 0) is 4.79 Å². The number of fused-ring (bicyclic) bond motifs is 1. The Morgan fingerprint density at radius 1 is 1.31 bits per heavy atom. The summed E-state index contributed by atoms with van der Waals surface area (Å²) in [6.45, 7) is 1.70. The first kappa shape index (κ1) is 16.3. The Hall–Kier alpha value is -3.13. The Morgan fingerprint density at radius 2 is 2.15 bits per heavy atom. The third-order valence-electron chi connectivity index (χ3n) is 4.07. The molecule has 1 N–H and O–H groups in total. The fourth-order valence-electron chi connectivity index (χ4n) is 2.70. The number of carbonyl (C=O) groups excluding carboxylic acids is 2. The minimum atomic E-state index is -0.529. The summed E-state index contributed by atoms with van der Waals surface area (Å²) in [4.78, 5) is 26.9. The molecule has 3 aromatic rings. The lowest BCUT2D eigenvalue weighted by Crippen LogP contribution is -2.41. The summed E-state index contributed by atoms with van der Waals surface area (Å²) in [5.41, 5.74) is 1.32. The van der Waals surface area contributed by atoms with E-state index in [1.165, 1.54) is 16.2 Å². The summed E-state index contributed by atoms with van der Waals surface area (Å²) in [6, 6.07) is 10.5. The maximum Gasteiger partial charge on any atom is 0.277 e. The average Bonchev–Trinajstić information content (AvgIpc) is 3.31. The third-order valence-corrected chi connectivity index (χ3v) is 4.95. The molecular weight excluding hydrogens is 354 g/mol. The van der Waals surface area contributed by atoms with Crippen molar-refractivity contribution < 1.29 is 18.8 Å². The number of anilines is 2. The molecule has 2 aromatic heterocycles. The van der Waals surface area contributed by atoms with Crippen LogP contribution in [0.4, 0.5) is 11.4 Å². The van der Waals surface area contributed by atoms with Gasteiger partial charge in [-0.05, 0) is 36.6 Å². The number of benzene rings is 1. The van der Waals surface area contributed by atoms with E-state index >= 15 is 0 Å². The molecule has 1 aliphatic rings. The first-order chi connectivity index (χ1) is 12.5. The highest BCUT2D eigenvalue weighted by atomic mass is 32.1. The quantitative estimate of drug-likeness (QED) is 0.765. The number of hydrogen-bond acceptors (Lipinski definition) is 6. The van der Waals surface area contributed by atoms with Crippen LogP contribution < -0.4 is 15.0 Å². The van der Waals surface area contributed by atoms with Crippen molar-refractivity contribution in [2.45, 2.75) is 13.0 Å². The summed E-state index contributed by atoms with van der Waals surface area (Å²) in [6.07, 6.45) is -0.529. The molecule has 2 amide bonds. The minimum Gasteiger partial charge on any atom is -0.479 e. The SMILES string of the molecule is C[C@H]1Oc2ccc(NC(=O)c3cc(-c4cccs4)on3)cc2N(C)C1=O. The van der Waals surface area contributed by atoms with Crippen LogP contribution in [0.2, 0.25) is 0 Å². The monoisotopic (exact) mass is 369 g/mol. The number of hydrogen-bond donors (Lipinski definition) is 1. The van der Waals surface area contributed by atoms with E-state index in [2.05, 4.69) is 10.5 Å². The van der Waals surface area contributed by atoms with Gasteiger partial charge in [-0.15, -0.1) is 11.3 Å². The summed E-state index contributed by atoms with van der Waals surface area (Å²) in [5, 5.41) is 8.51. The standard InChI is InChI=1S/C18H15N3O4S/c1-10-18(23)21(2)13-8-11(5-6-14(13)24-10)19-17(22)12-9-15(25-20-12)16-4-3-7-26-16/h3-10H,1-2H3,(H,19,22)/t10-/m1/s1. The largest absolute Gasteiger partial charge is 0.479 e. The molecule has 132 valence electrons. The van der Waals surface area contributed by atoms with Gasteiger partial charge in [0, 0.05) is 18.8 Å². The molecule has 4 rings (SSSR count). The molecule has 1 aliphatic heterocycles. The molecule has 1 atom stereocenters.